The molecule has 3 rings (SSSR count). The molecule has 0 radical (unpaired) electrons. The van der Waals surface area contributed by atoms with Gasteiger partial charge in [-0.25, -0.2) is 9.07 Å². The molecule has 1 saturated heterocycles. The number of aliphatic hydroxyl groups excluding tert-OH is 1. The van der Waals surface area contributed by atoms with Crippen LogP contribution in [0.15, 0.2) is 36.5 Å². The van der Waals surface area contributed by atoms with Gasteiger partial charge >= 0.3 is 0 Å². The minimum Gasteiger partial charge on any atom is -0.393 e. The van der Waals surface area contributed by atoms with E-state index in [1.807, 2.05) is 0 Å². The molecule has 2 aromatic rings. The lowest BCUT2D eigenvalue weighted by Gasteiger charge is -2.29. The maximum absolute atomic E-state index is 13.8. The summed E-state index contributed by atoms with van der Waals surface area (Å²) >= 11 is 0. The van der Waals surface area contributed by atoms with Gasteiger partial charge in [-0.2, -0.15) is 5.10 Å². The third-order valence-electron chi connectivity index (χ3n) is 4.41. The molecule has 1 fully saturated rings. The van der Waals surface area contributed by atoms with Crippen LogP contribution in [0.25, 0.3) is 5.69 Å². The van der Waals surface area contributed by atoms with Gasteiger partial charge in [0.05, 0.1) is 6.10 Å². The number of nitrogens with zero attached hydrogens (tertiary/aromatic N) is 3. The zero-order valence-electron chi connectivity index (χ0n) is 14.1. The number of nitrogens with one attached hydrogen (secondary N) is 1. The Balaban J connectivity index is 1.45. The molecule has 6 nitrogen and oxygen atoms in total. The van der Waals surface area contributed by atoms with E-state index in [-0.39, 0.29) is 23.5 Å². The monoisotopic (exact) mass is 346 g/mol. The molecular weight excluding hydrogens is 323 g/mol. The number of rotatable bonds is 6. The van der Waals surface area contributed by atoms with Crippen LogP contribution in [0.3, 0.4) is 0 Å². The molecule has 2 N–H and O–H groups in total. The van der Waals surface area contributed by atoms with Crippen molar-refractivity contribution in [1.29, 1.82) is 0 Å². The summed E-state index contributed by atoms with van der Waals surface area (Å²) in [5, 5.41) is 16.5. The quantitative estimate of drug-likeness (QED) is 0.780. The van der Waals surface area contributed by atoms with E-state index in [9.17, 15) is 14.3 Å². The molecule has 0 unspecified atom stereocenters. The van der Waals surface area contributed by atoms with Gasteiger partial charge in [-0.1, -0.05) is 12.1 Å². The Morgan fingerprint density at radius 1 is 1.28 bits per heavy atom. The fourth-order valence-electron chi connectivity index (χ4n) is 2.95. The molecule has 0 atom stereocenters. The van der Waals surface area contributed by atoms with Crippen molar-refractivity contribution in [3.8, 4) is 5.69 Å². The second-order valence-corrected chi connectivity index (χ2v) is 6.28. The normalized spacial score (nSPS) is 16.1. The maximum Gasteiger partial charge on any atom is 0.271 e. The molecular formula is C18H23FN4O2. The van der Waals surface area contributed by atoms with E-state index < -0.39 is 0 Å². The maximum atomic E-state index is 13.8. The first-order chi connectivity index (χ1) is 12.1. The number of hydrogen-bond acceptors (Lipinski definition) is 4. The second-order valence-electron chi connectivity index (χ2n) is 6.28. The van der Waals surface area contributed by atoms with E-state index in [0.717, 1.165) is 38.9 Å². The molecule has 134 valence electrons. The highest BCUT2D eigenvalue weighted by Crippen LogP contribution is 2.12. The van der Waals surface area contributed by atoms with Crippen LogP contribution in [-0.4, -0.2) is 58.0 Å². The molecule has 0 bridgehead atoms. The number of amides is 1. The van der Waals surface area contributed by atoms with E-state index in [0.29, 0.717) is 12.2 Å². The van der Waals surface area contributed by atoms with Gasteiger partial charge in [-0.15, -0.1) is 0 Å². The summed E-state index contributed by atoms with van der Waals surface area (Å²) in [7, 11) is 0. The number of hydrogen-bond donors (Lipinski definition) is 2. The highest BCUT2D eigenvalue weighted by molar-refractivity contribution is 5.92. The lowest BCUT2D eigenvalue weighted by atomic mass is 10.1. The molecule has 7 heteroatoms. The van der Waals surface area contributed by atoms with Crippen molar-refractivity contribution in [3.63, 3.8) is 0 Å². The van der Waals surface area contributed by atoms with Gasteiger partial charge in [0.15, 0.2) is 5.69 Å². The van der Waals surface area contributed by atoms with Crippen LogP contribution in [0.1, 0.15) is 29.8 Å². The SMILES string of the molecule is O=C(NCCCN1CCC(O)CC1)c1ccn(-c2ccccc2F)n1. The fourth-order valence-corrected chi connectivity index (χ4v) is 2.95. The van der Waals surface area contributed by atoms with E-state index >= 15 is 0 Å². The molecule has 1 aliphatic rings. The summed E-state index contributed by atoms with van der Waals surface area (Å²) in [6, 6.07) is 7.88. The number of piperidine rings is 1. The Hall–Kier alpha value is -2.25. The number of likely N-dealkylation sites (tertiary alicyclic amines) is 1. The van der Waals surface area contributed by atoms with Crippen LogP contribution in [0, 0.1) is 5.82 Å². The molecule has 0 saturated carbocycles. The lowest BCUT2D eigenvalue weighted by Crippen LogP contribution is -2.37. The summed E-state index contributed by atoms with van der Waals surface area (Å²) in [5.41, 5.74) is 0.582. The Morgan fingerprint density at radius 3 is 2.80 bits per heavy atom. The van der Waals surface area contributed by atoms with Gasteiger partial charge in [0.2, 0.25) is 0 Å². The summed E-state index contributed by atoms with van der Waals surface area (Å²) in [5.74, 6) is -0.645. The summed E-state index contributed by atoms with van der Waals surface area (Å²) in [4.78, 5) is 14.4. The topological polar surface area (TPSA) is 70.4 Å². The minimum absolute atomic E-state index is 0.166. The largest absolute Gasteiger partial charge is 0.393 e. The first kappa shape index (κ1) is 17.6. The van der Waals surface area contributed by atoms with Crippen molar-refractivity contribution < 1.29 is 14.3 Å². The first-order valence-electron chi connectivity index (χ1n) is 8.62. The van der Waals surface area contributed by atoms with Crippen molar-refractivity contribution in [2.45, 2.75) is 25.4 Å². The zero-order chi connectivity index (χ0) is 17.6. The van der Waals surface area contributed by atoms with E-state index in [1.54, 1.807) is 30.5 Å². The molecule has 1 aromatic heterocycles. The second kappa shape index (κ2) is 8.22. The van der Waals surface area contributed by atoms with Crippen LogP contribution < -0.4 is 5.32 Å². The van der Waals surface area contributed by atoms with Crippen molar-refractivity contribution in [2.24, 2.45) is 0 Å². The van der Waals surface area contributed by atoms with Gasteiger partial charge in [0.1, 0.15) is 11.5 Å². The standard InChI is InChI=1S/C18H23FN4O2/c19-15-4-1-2-5-17(15)23-13-8-16(21-23)18(25)20-9-3-10-22-11-6-14(24)7-12-22/h1-2,4-5,8,13-14,24H,3,6-7,9-12H2,(H,20,25). The minimum atomic E-state index is -0.385. The van der Waals surface area contributed by atoms with Crippen molar-refractivity contribution in [1.82, 2.24) is 20.0 Å². The predicted molar refractivity (Wildman–Crippen MR) is 92.2 cm³/mol. The third-order valence-corrected chi connectivity index (χ3v) is 4.41. The summed E-state index contributed by atoms with van der Waals surface area (Å²) in [6.45, 7) is 3.27. The highest BCUT2D eigenvalue weighted by atomic mass is 19.1. The van der Waals surface area contributed by atoms with Gasteiger partial charge in [-0.05, 0) is 44.0 Å². The molecule has 0 spiro atoms. The van der Waals surface area contributed by atoms with Crippen molar-refractivity contribution in [3.05, 3.63) is 48.0 Å². The van der Waals surface area contributed by atoms with Crippen LogP contribution in [0.2, 0.25) is 0 Å². The number of para-hydroxylation sites is 1. The predicted octanol–water partition coefficient (Wildman–Crippen LogP) is 1.59. The number of carbonyl (C=O) groups excluding carboxylic acids is 1. The van der Waals surface area contributed by atoms with E-state index in [1.165, 1.54) is 10.7 Å². The van der Waals surface area contributed by atoms with Crippen LogP contribution in [0.4, 0.5) is 4.39 Å². The molecule has 25 heavy (non-hydrogen) atoms. The average Bonchev–Trinajstić information content (AvgIpc) is 3.10. The number of carbonyl (C=O) groups is 1. The molecule has 1 amide bonds. The summed E-state index contributed by atoms with van der Waals surface area (Å²) in [6.07, 6.45) is 3.89. The highest BCUT2D eigenvalue weighted by Gasteiger charge is 2.16. The van der Waals surface area contributed by atoms with Gasteiger partial charge in [0.25, 0.3) is 5.91 Å². The fraction of sp³-hybridized carbons (Fsp3) is 0.444. The smallest absolute Gasteiger partial charge is 0.271 e. The van der Waals surface area contributed by atoms with Crippen LogP contribution >= 0.6 is 0 Å². The third kappa shape index (κ3) is 4.64. The van der Waals surface area contributed by atoms with Gasteiger partial charge < -0.3 is 15.3 Å². The van der Waals surface area contributed by atoms with Crippen molar-refractivity contribution >= 4 is 5.91 Å². The van der Waals surface area contributed by atoms with E-state index in [4.69, 9.17) is 0 Å². The number of aliphatic hydroxyl groups is 1. The Labute approximate surface area is 146 Å². The number of halogens is 1. The van der Waals surface area contributed by atoms with Crippen molar-refractivity contribution in [2.75, 3.05) is 26.2 Å². The summed E-state index contributed by atoms with van der Waals surface area (Å²) < 4.78 is 15.1. The van der Waals surface area contributed by atoms with E-state index in [2.05, 4.69) is 15.3 Å². The molecule has 1 aromatic carbocycles. The molecule has 0 aliphatic carbocycles. The van der Waals surface area contributed by atoms with Crippen LogP contribution in [-0.2, 0) is 0 Å². The number of aromatic nitrogens is 2. The zero-order valence-corrected chi connectivity index (χ0v) is 14.1. The number of benzene rings is 1. The van der Waals surface area contributed by atoms with Gasteiger partial charge in [-0.3, -0.25) is 4.79 Å². The molecule has 1 aliphatic heterocycles. The van der Waals surface area contributed by atoms with Crippen LogP contribution in [0.5, 0.6) is 0 Å². The Kier molecular flexibility index (Phi) is 5.78. The first-order valence-corrected chi connectivity index (χ1v) is 8.62. The average molecular weight is 346 g/mol. The Bertz CT molecular complexity index is 711. The Morgan fingerprint density at radius 2 is 2.04 bits per heavy atom. The van der Waals surface area contributed by atoms with Gasteiger partial charge in [0, 0.05) is 25.8 Å². The lowest BCUT2D eigenvalue weighted by molar-refractivity contribution is 0.0816. The molecule has 2 heterocycles.